The highest BCUT2D eigenvalue weighted by Gasteiger charge is 2.40. The molecule has 0 amide bonds. The second kappa shape index (κ2) is 14.9. The molecule has 1 nitrogen and oxygen atoms in total. The number of hydrogen-bond acceptors (Lipinski definition) is 1. The quantitative estimate of drug-likeness (QED) is 0.155. The van der Waals surface area contributed by atoms with E-state index in [1.54, 1.807) is 0 Å². The van der Waals surface area contributed by atoms with Gasteiger partial charge in [0.05, 0.1) is 0 Å². The van der Waals surface area contributed by atoms with Gasteiger partial charge in [0, 0.05) is 27.9 Å². The molecule has 0 saturated carbocycles. The summed E-state index contributed by atoms with van der Waals surface area (Å²) in [5, 5.41) is 2.63. The first-order valence-electron chi connectivity index (χ1n) is 22.9. The predicted molar refractivity (Wildman–Crippen MR) is 276 cm³/mol. The van der Waals surface area contributed by atoms with Crippen molar-refractivity contribution in [2.24, 2.45) is 0 Å². The molecule has 0 aromatic heterocycles. The summed E-state index contributed by atoms with van der Waals surface area (Å²) in [5.74, 6) is 0. The van der Waals surface area contributed by atoms with E-state index in [1.807, 2.05) is 0 Å². The highest BCUT2D eigenvalue weighted by Crippen LogP contribution is 2.58. The lowest BCUT2D eigenvalue weighted by atomic mass is 9.77. The largest absolute Gasteiger partial charge is 0.310 e. The molecule has 0 heterocycles. The molecule has 12 rings (SSSR count). The van der Waals surface area contributed by atoms with E-state index >= 15 is 0 Å². The molecule has 2 aliphatic rings. The van der Waals surface area contributed by atoms with Crippen molar-refractivity contribution in [3.63, 3.8) is 0 Å². The molecule has 0 fully saturated rings. The van der Waals surface area contributed by atoms with Crippen LogP contribution in [0.4, 0.5) is 17.1 Å². The molecule has 10 aromatic carbocycles. The standard InChI is InChI=1S/C64H49N/c1-63(2)56-25-15-13-21-51(56)52-40-39-50(41-58(52)63)65(48-35-31-44(32-36-48)42-17-7-5-8-18-42)49-37-33-45(34-38-49)43-27-29-47(30-28-43)60-59(46-19-9-6-10-20-46)53-22-11-12-23-54(53)62-61(60)55-24-14-16-26-57(55)64(62,3)4/h5-41H,1-4H3. The molecule has 0 saturated heterocycles. The zero-order valence-electron chi connectivity index (χ0n) is 37.3. The van der Waals surface area contributed by atoms with Gasteiger partial charge in [-0.3, -0.25) is 0 Å². The first-order chi connectivity index (χ1) is 31.8. The number of hydrogen-bond donors (Lipinski definition) is 0. The van der Waals surface area contributed by atoms with Crippen LogP contribution in [0.25, 0.3) is 77.5 Å². The molecule has 0 unspecified atom stereocenters. The third-order valence-electron chi connectivity index (χ3n) is 14.5. The summed E-state index contributed by atoms with van der Waals surface area (Å²) in [6.07, 6.45) is 0. The smallest absolute Gasteiger partial charge is 0.0465 e. The van der Waals surface area contributed by atoms with E-state index in [4.69, 9.17) is 0 Å². The molecule has 310 valence electrons. The summed E-state index contributed by atoms with van der Waals surface area (Å²) < 4.78 is 0. The van der Waals surface area contributed by atoms with Crippen LogP contribution in [-0.4, -0.2) is 0 Å². The number of nitrogens with zero attached hydrogens (tertiary/aromatic N) is 1. The minimum Gasteiger partial charge on any atom is -0.310 e. The third-order valence-corrected chi connectivity index (χ3v) is 14.5. The van der Waals surface area contributed by atoms with Gasteiger partial charge < -0.3 is 4.90 Å². The zero-order chi connectivity index (χ0) is 43.9. The molecular formula is C64H49N. The first-order valence-corrected chi connectivity index (χ1v) is 22.9. The Morgan fingerprint density at radius 2 is 0.692 bits per heavy atom. The molecule has 0 aliphatic heterocycles. The second-order valence-corrected chi connectivity index (χ2v) is 18.9. The fourth-order valence-electron chi connectivity index (χ4n) is 11.3. The Kier molecular flexibility index (Phi) is 8.94. The van der Waals surface area contributed by atoms with E-state index in [0.717, 1.165) is 17.1 Å². The van der Waals surface area contributed by atoms with E-state index in [1.165, 1.54) is 99.8 Å². The van der Waals surface area contributed by atoms with Gasteiger partial charge in [0.1, 0.15) is 0 Å². The summed E-state index contributed by atoms with van der Waals surface area (Å²) in [7, 11) is 0. The van der Waals surface area contributed by atoms with Crippen LogP contribution in [0.3, 0.4) is 0 Å². The number of benzene rings is 10. The Labute approximate surface area is 383 Å². The Morgan fingerprint density at radius 3 is 1.31 bits per heavy atom. The van der Waals surface area contributed by atoms with Gasteiger partial charge in [-0.05, 0) is 136 Å². The molecule has 1 heteroatoms. The van der Waals surface area contributed by atoms with Crippen molar-refractivity contribution in [3.05, 3.63) is 247 Å². The summed E-state index contributed by atoms with van der Waals surface area (Å²) >= 11 is 0. The van der Waals surface area contributed by atoms with E-state index in [-0.39, 0.29) is 10.8 Å². The monoisotopic (exact) mass is 831 g/mol. The zero-order valence-corrected chi connectivity index (χ0v) is 37.3. The Bertz CT molecular complexity index is 3430. The minimum atomic E-state index is -0.143. The van der Waals surface area contributed by atoms with Gasteiger partial charge in [-0.15, -0.1) is 0 Å². The molecular weight excluding hydrogens is 783 g/mol. The number of fused-ring (bicyclic) bond motifs is 8. The minimum absolute atomic E-state index is 0.102. The molecule has 0 spiro atoms. The van der Waals surface area contributed by atoms with E-state index in [2.05, 4.69) is 257 Å². The van der Waals surface area contributed by atoms with E-state index in [0.29, 0.717) is 0 Å². The van der Waals surface area contributed by atoms with Crippen molar-refractivity contribution < 1.29 is 0 Å². The summed E-state index contributed by atoms with van der Waals surface area (Å²) in [6.45, 7) is 9.51. The fraction of sp³-hybridized carbons (Fsp3) is 0.0938. The lowest BCUT2D eigenvalue weighted by molar-refractivity contribution is 0.660. The fourth-order valence-corrected chi connectivity index (χ4v) is 11.3. The van der Waals surface area contributed by atoms with Crippen LogP contribution in [0.1, 0.15) is 49.9 Å². The first kappa shape index (κ1) is 38.9. The van der Waals surface area contributed by atoms with Crippen molar-refractivity contribution >= 4 is 27.8 Å². The molecule has 10 aromatic rings. The molecule has 0 N–H and O–H groups in total. The van der Waals surface area contributed by atoms with E-state index in [9.17, 15) is 0 Å². The summed E-state index contributed by atoms with van der Waals surface area (Å²) in [4.78, 5) is 2.41. The van der Waals surface area contributed by atoms with Crippen LogP contribution >= 0.6 is 0 Å². The van der Waals surface area contributed by atoms with Crippen LogP contribution in [0, 0.1) is 0 Å². The van der Waals surface area contributed by atoms with Gasteiger partial charge in [0.15, 0.2) is 0 Å². The lowest BCUT2D eigenvalue weighted by Gasteiger charge is -2.28. The lowest BCUT2D eigenvalue weighted by Crippen LogP contribution is -2.16. The summed E-state index contributed by atoms with van der Waals surface area (Å²) in [6, 6.07) is 83.1. The molecule has 2 aliphatic carbocycles. The van der Waals surface area contributed by atoms with Gasteiger partial charge in [-0.2, -0.15) is 0 Å². The second-order valence-electron chi connectivity index (χ2n) is 18.9. The van der Waals surface area contributed by atoms with Crippen molar-refractivity contribution in [1.82, 2.24) is 0 Å². The maximum atomic E-state index is 2.42. The maximum Gasteiger partial charge on any atom is 0.0465 e. The Balaban J connectivity index is 0.958. The van der Waals surface area contributed by atoms with Crippen LogP contribution in [0.15, 0.2) is 224 Å². The average molecular weight is 832 g/mol. The summed E-state index contributed by atoms with van der Waals surface area (Å²) in [5.41, 5.74) is 23.9. The SMILES string of the molecule is CC1(C)c2ccccc2-c2ccc(N(c3ccc(-c4ccccc4)cc3)c3ccc(-c4ccc(-c5c6c(c7ccccc7c5-c5ccccc5)C(C)(C)c5ccccc5-6)cc4)cc3)cc21. The van der Waals surface area contributed by atoms with E-state index < -0.39 is 0 Å². The van der Waals surface area contributed by atoms with Crippen molar-refractivity contribution in [3.8, 4) is 66.8 Å². The van der Waals surface area contributed by atoms with Crippen molar-refractivity contribution in [1.29, 1.82) is 0 Å². The van der Waals surface area contributed by atoms with Gasteiger partial charge in [-0.1, -0.05) is 216 Å². The predicted octanol–water partition coefficient (Wildman–Crippen LogP) is 17.6. The highest BCUT2D eigenvalue weighted by molar-refractivity contribution is 6.14. The normalized spacial score (nSPS) is 13.8. The third kappa shape index (κ3) is 6.14. The van der Waals surface area contributed by atoms with Crippen LogP contribution in [-0.2, 0) is 10.8 Å². The van der Waals surface area contributed by atoms with Gasteiger partial charge in [0.2, 0.25) is 0 Å². The highest BCUT2D eigenvalue weighted by atomic mass is 15.1. The van der Waals surface area contributed by atoms with Crippen molar-refractivity contribution in [2.45, 2.75) is 38.5 Å². The van der Waals surface area contributed by atoms with Crippen molar-refractivity contribution in [2.75, 3.05) is 4.90 Å². The molecule has 65 heavy (non-hydrogen) atoms. The molecule has 0 radical (unpaired) electrons. The van der Waals surface area contributed by atoms with Crippen LogP contribution in [0.2, 0.25) is 0 Å². The molecule has 0 atom stereocenters. The van der Waals surface area contributed by atoms with Gasteiger partial charge >= 0.3 is 0 Å². The number of anilines is 3. The average Bonchev–Trinajstić information content (AvgIpc) is 3.74. The maximum absolute atomic E-state index is 2.42. The van der Waals surface area contributed by atoms with Gasteiger partial charge in [0.25, 0.3) is 0 Å². The topological polar surface area (TPSA) is 3.24 Å². The molecule has 0 bridgehead atoms. The van der Waals surface area contributed by atoms with Crippen LogP contribution < -0.4 is 4.90 Å². The Morgan fingerprint density at radius 1 is 0.277 bits per heavy atom. The van der Waals surface area contributed by atoms with Crippen LogP contribution in [0.5, 0.6) is 0 Å². The Hall–Kier alpha value is -7.74. The van der Waals surface area contributed by atoms with Gasteiger partial charge in [-0.25, -0.2) is 0 Å². The number of rotatable bonds is 7.